The number of halogens is 1. The van der Waals surface area contributed by atoms with Crippen molar-refractivity contribution in [1.29, 1.82) is 0 Å². The number of hydrogen-bond acceptors (Lipinski definition) is 5. The SMILES string of the molecule is COC(=O)c1ccccc1-n1ncc(N2CCC(c3cc4ccccc4[nH]3)CC2)c(Cl)c1=O. The number of aromatic amines is 1. The lowest BCUT2D eigenvalue weighted by molar-refractivity contribution is 0.0600. The minimum Gasteiger partial charge on any atom is -0.465 e. The number of piperidine rings is 1. The van der Waals surface area contributed by atoms with Crippen LogP contribution in [-0.2, 0) is 4.74 Å². The van der Waals surface area contributed by atoms with Crippen molar-refractivity contribution in [3.63, 3.8) is 0 Å². The number of carbonyl (C=O) groups excluding carboxylic acids is 1. The number of benzene rings is 2. The van der Waals surface area contributed by atoms with Crippen LogP contribution in [0.2, 0.25) is 5.02 Å². The number of carbonyl (C=O) groups is 1. The predicted octanol–water partition coefficient (Wildman–Crippen LogP) is 4.54. The minimum absolute atomic E-state index is 0.0914. The van der Waals surface area contributed by atoms with Gasteiger partial charge < -0.3 is 14.6 Å². The van der Waals surface area contributed by atoms with Crippen molar-refractivity contribution in [2.45, 2.75) is 18.8 Å². The van der Waals surface area contributed by atoms with E-state index in [1.54, 1.807) is 30.5 Å². The lowest BCUT2D eigenvalue weighted by Crippen LogP contribution is -2.35. The van der Waals surface area contributed by atoms with Gasteiger partial charge in [-0.15, -0.1) is 0 Å². The molecule has 33 heavy (non-hydrogen) atoms. The van der Waals surface area contributed by atoms with Gasteiger partial charge in [0.25, 0.3) is 5.56 Å². The van der Waals surface area contributed by atoms with Crippen LogP contribution in [0.3, 0.4) is 0 Å². The highest BCUT2D eigenvalue weighted by molar-refractivity contribution is 6.33. The molecule has 8 heteroatoms. The molecule has 0 radical (unpaired) electrons. The third-order valence-electron chi connectivity index (χ3n) is 6.26. The first-order valence-corrected chi connectivity index (χ1v) is 11.2. The Balaban J connectivity index is 1.38. The highest BCUT2D eigenvalue weighted by atomic mass is 35.5. The molecule has 0 spiro atoms. The Hall–Kier alpha value is -3.58. The number of para-hydroxylation sites is 2. The summed E-state index contributed by atoms with van der Waals surface area (Å²) in [6, 6.07) is 17.2. The van der Waals surface area contributed by atoms with Crippen LogP contribution in [-0.4, -0.2) is 40.9 Å². The van der Waals surface area contributed by atoms with E-state index in [0.717, 1.165) is 36.1 Å². The quantitative estimate of drug-likeness (QED) is 0.450. The average Bonchev–Trinajstić information content (AvgIpc) is 3.30. The van der Waals surface area contributed by atoms with E-state index in [9.17, 15) is 9.59 Å². The number of aromatic nitrogens is 3. The summed E-state index contributed by atoms with van der Waals surface area (Å²) in [4.78, 5) is 30.8. The maximum atomic E-state index is 13.1. The molecule has 2 aromatic heterocycles. The molecule has 1 N–H and O–H groups in total. The van der Waals surface area contributed by atoms with Crippen molar-refractivity contribution in [2.24, 2.45) is 0 Å². The van der Waals surface area contributed by atoms with Gasteiger partial charge in [0.05, 0.1) is 30.2 Å². The van der Waals surface area contributed by atoms with Gasteiger partial charge >= 0.3 is 5.97 Å². The van der Waals surface area contributed by atoms with E-state index >= 15 is 0 Å². The maximum Gasteiger partial charge on any atom is 0.340 e. The van der Waals surface area contributed by atoms with Gasteiger partial charge in [-0.2, -0.15) is 9.78 Å². The summed E-state index contributed by atoms with van der Waals surface area (Å²) in [5, 5.41) is 5.64. The van der Waals surface area contributed by atoms with E-state index in [1.807, 2.05) is 12.1 Å². The van der Waals surface area contributed by atoms with Crippen LogP contribution in [0.1, 0.15) is 34.8 Å². The number of esters is 1. The summed E-state index contributed by atoms with van der Waals surface area (Å²) in [6.07, 6.45) is 3.48. The number of rotatable bonds is 4. The molecule has 7 nitrogen and oxygen atoms in total. The molecule has 3 heterocycles. The number of anilines is 1. The number of hydrogen-bond donors (Lipinski definition) is 1. The van der Waals surface area contributed by atoms with Gasteiger partial charge in [0, 0.05) is 30.2 Å². The Bertz CT molecular complexity index is 1350. The fourth-order valence-electron chi connectivity index (χ4n) is 4.50. The maximum absolute atomic E-state index is 13.1. The summed E-state index contributed by atoms with van der Waals surface area (Å²) >= 11 is 6.52. The van der Waals surface area contributed by atoms with Gasteiger partial charge in [0.1, 0.15) is 5.02 Å². The van der Waals surface area contributed by atoms with E-state index < -0.39 is 11.5 Å². The first-order valence-electron chi connectivity index (χ1n) is 10.8. The second kappa shape index (κ2) is 8.75. The Morgan fingerprint density at radius 1 is 1.09 bits per heavy atom. The van der Waals surface area contributed by atoms with Crippen LogP contribution in [0.4, 0.5) is 5.69 Å². The zero-order valence-corrected chi connectivity index (χ0v) is 18.9. The molecule has 0 bridgehead atoms. The van der Waals surface area contributed by atoms with E-state index in [-0.39, 0.29) is 10.6 Å². The van der Waals surface area contributed by atoms with Gasteiger partial charge in [0.15, 0.2) is 0 Å². The standard InChI is InChI=1S/C25H23ClN4O3/c1-33-25(32)18-7-3-5-9-21(18)30-24(31)23(26)22(15-27-30)29-12-10-16(11-13-29)20-14-17-6-2-4-8-19(17)28-20/h2-9,14-16,28H,10-13H2,1H3. The lowest BCUT2D eigenvalue weighted by Gasteiger charge is -2.33. The van der Waals surface area contributed by atoms with Crippen LogP contribution in [0.15, 0.2) is 65.6 Å². The second-order valence-corrected chi connectivity index (χ2v) is 8.52. The third-order valence-corrected chi connectivity index (χ3v) is 6.62. The molecule has 168 valence electrons. The number of nitrogens with one attached hydrogen (secondary N) is 1. The summed E-state index contributed by atoms with van der Waals surface area (Å²) in [5.74, 6) is -0.119. The molecule has 0 amide bonds. The fraction of sp³-hybridized carbons (Fsp3) is 0.240. The van der Waals surface area contributed by atoms with Crippen LogP contribution in [0.5, 0.6) is 0 Å². The molecule has 1 saturated heterocycles. The summed E-state index contributed by atoms with van der Waals surface area (Å²) < 4.78 is 5.98. The molecule has 5 rings (SSSR count). The molecule has 4 aromatic rings. The molecule has 1 aliphatic rings. The lowest BCUT2D eigenvalue weighted by atomic mass is 9.93. The van der Waals surface area contributed by atoms with Gasteiger partial charge in [-0.3, -0.25) is 4.79 Å². The van der Waals surface area contributed by atoms with Crippen molar-refractivity contribution in [3.05, 3.63) is 87.4 Å². The topological polar surface area (TPSA) is 80.2 Å². The van der Waals surface area contributed by atoms with E-state index in [0.29, 0.717) is 17.3 Å². The molecule has 0 aliphatic carbocycles. The van der Waals surface area contributed by atoms with Crippen LogP contribution >= 0.6 is 11.6 Å². The molecule has 1 aliphatic heterocycles. The average molecular weight is 463 g/mol. The smallest absolute Gasteiger partial charge is 0.340 e. The molecule has 0 saturated carbocycles. The monoisotopic (exact) mass is 462 g/mol. The summed E-state index contributed by atoms with van der Waals surface area (Å²) in [5.41, 5.74) is 3.12. The highest BCUT2D eigenvalue weighted by Crippen LogP contribution is 2.33. The zero-order chi connectivity index (χ0) is 22.9. The van der Waals surface area contributed by atoms with Crippen LogP contribution in [0.25, 0.3) is 16.6 Å². The number of ether oxygens (including phenoxy) is 1. The van der Waals surface area contributed by atoms with Crippen molar-refractivity contribution in [3.8, 4) is 5.69 Å². The van der Waals surface area contributed by atoms with Gasteiger partial charge in [-0.05, 0) is 42.5 Å². The fourth-order valence-corrected chi connectivity index (χ4v) is 4.75. The number of fused-ring (bicyclic) bond motifs is 1. The van der Waals surface area contributed by atoms with E-state index in [2.05, 4.69) is 33.2 Å². The number of nitrogens with zero attached hydrogens (tertiary/aromatic N) is 3. The first kappa shape index (κ1) is 21.3. The first-order chi connectivity index (χ1) is 16.1. The Morgan fingerprint density at radius 2 is 1.82 bits per heavy atom. The third kappa shape index (κ3) is 3.89. The van der Waals surface area contributed by atoms with Gasteiger partial charge in [-0.25, -0.2) is 4.79 Å². The summed E-state index contributed by atoms with van der Waals surface area (Å²) in [7, 11) is 1.30. The summed E-state index contributed by atoms with van der Waals surface area (Å²) in [6.45, 7) is 1.53. The number of methoxy groups -OCH3 is 1. The minimum atomic E-state index is -0.543. The normalized spacial score (nSPS) is 14.5. The molecular weight excluding hydrogens is 440 g/mol. The Kier molecular flexibility index (Phi) is 5.64. The van der Waals surface area contributed by atoms with Crippen molar-refractivity contribution in [2.75, 3.05) is 25.1 Å². The van der Waals surface area contributed by atoms with E-state index in [1.165, 1.54) is 18.2 Å². The van der Waals surface area contributed by atoms with E-state index in [4.69, 9.17) is 16.3 Å². The van der Waals surface area contributed by atoms with Gasteiger partial charge in [0.2, 0.25) is 0 Å². The second-order valence-electron chi connectivity index (χ2n) is 8.14. The van der Waals surface area contributed by atoms with Crippen molar-refractivity contribution in [1.82, 2.24) is 14.8 Å². The Labute approximate surface area is 195 Å². The predicted molar refractivity (Wildman–Crippen MR) is 129 cm³/mol. The van der Waals surface area contributed by atoms with Crippen LogP contribution in [0, 0.1) is 0 Å². The largest absolute Gasteiger partial charge is 0.465 e. The molecule has 2 aromatic carbocycles. The van der Waals surface area contributed by atoms with Crippen molar-refractivity contribution >= 4 is 34.2 Å². The zero-order valence-electron chi connectivity index (χ0n) is 18.1. The molecular formula is C25H23ClN4O3. The molecule has 0 unspecified atom stereocenters. The van der Waals surface area contributed by atoms with Crippen molar-refractivity contribution < 1.29 is 9.53 Å². The van der Waals surface area contributed by atoms with Gasteiger partial charge in [-0.1, -0.05) is 41.9 Å². The Morgan fingerprint density at radius 3 is 2.58 bits per heavy atom. The number of H-pyrrole nitrogens is 1. The molecule has 1 fully saturated rings. The van der Waals surface area contributed by atoms with Crippen LogP contribution < -0.4 is 10.5 Å². The molecule has 0 atom stereocenters. The highest BCUT2D eigenvalue weighted by Gasteiger charge is 2.25.